The monoisotopic (exact) mass is 282 g/mol. The summed E-state index contributed by atoms with van der Waals surface area (Å²) in [5.74, 6) is -0.00178. The van der Waals surface area contributed by atoms with Gasteiger partial charge in [-0.15, -0.1) is 0 Å². The predicted molar refractivity (Wildman–Crippen MR) is 73.4 cm³/mol. The number of urea groups is 1. The van der Waals surface area contributed by atoms with Gasteiger partial charge in [0.1, 0.15) is 6.54 Å². The molecule has 0 bridgehead atoms. The molecule has 1 rings (SSSR count). The van der Waals surface area contributed by atoms with Crippen molar-refractivity contribution in [2.45, 2.75) is 13.8 Å². The van der Waals surface area contributed by atoms with Gasteiger partial charge in [0.15, 0.2) is 11.5 Å². The van der Waals surface area contributed by atoms with Crippen molar-refractivity contribution in [3.05, 3.63) is 18.2 Å². The highest BCUT2D eigenvalue weighted by Gasteiger charge is 2.09. The number of aliphatic carboxylic acids is 1. The molecule has 1 aromatic rings. The molecule has 3 N–H and O–H groups in total. The Hall–Kier alpha value is -2.44. The van der Waals surface area contributed by atoms with Crippen molar-refractivity contribution in [3.8, 4) is 11.5 Å². The molecule has 7 nitrogen and oxygen atoms in total. The summed E-state index contributed by atoms with van der Waals surface area (Å²) in [4.78, 5) is 21.8. The fraction of sp³-hybridized carbons (Fsp3) is 0.385. The summed E-state index contributed by atoms with van der Waals surface area (Å²) in [6, 6.07) is 4.35. The van der Waals surface area contributed by atoms with Crippen LogP contribution >= 0.6 is 0 Å². The van der Waals surface area contributed by atoms with Crippen LogP contribution in [0.15, 0.2) is 18.2 Å². The van der Waals surface area contributed by atoms with E-state index in [0.29, 0.717) is 30.4 Å². The first kappa shape index (κ1) is 15.6. The average Bonchev–Trinajstić information content (AvgIpc) is 2.40. The Balaban J connectivity index is 2.73. The van der Waals surface area contributed by atoms with Crippen LogP contribution in [0.4, 0.5) is 10.5 Å². The fourth-order valence-corrected chi connectivity index (χ4v) is 1.46. The summed E-state index contributed by atoms with van der Waals surface area (Å²) in [5, 5.41) is 13.2. The molecule has 2 amide bonds. The zero-order valence-corrected chi connectivity index (χ0v) is 11.4. The van der Waals surface area contributed by atoms with Crippen molar-refractivity contribution in [2.24, 2.45) is 0 Å². The number of carbonyl (C=O) groups is 2. The molecule has 110 valence electrons. The van der Waals surface area contributed by atoms with E-state index in [-0.39, 0.29) is 0 Å². The minimum absolute atomic E-state index is 0.443. The number of nitrogens with one attached hydrogen (secondary N) is 2. The van der Waals surface area contributed by atoms with E-state index in [1.165, 1.54) is 0 Å². The lowest BCUT2D eigenvalue weighted by Crippen LogP contribution is -2.33. The smallest absolute Gasteiger partial charge is 0.323 e. The molecule has 0 heterocycles. The summed E-state index contributed by atoms with van der Waals surface area (Å²) in [6.07, 6.45) is 0. The van der Waals surface area contributed by atoms with Gasteiger partial charge in [-0.1, -0.05) is 0 Å². The second-order valence-corrected chi connectivity index (χ2v) is 3.73. The molecule has 0 aromatic heterocycles. The SMILES string of the molecule is CCOc1ccc(NC(=O)NCC(=O)O)cc1OCC. The van der Waals surface area contributed by atoms with E-state index in [1.807, 2.05) is 13.8 Å². The molecule has 0 aliphatic carbocycles. The number of anilines is 1. The number of carboxylic acid groups (broad SMARTS) is 1. The highest BCUT2D eigenvalue weighted by molar-refractivity contribution is 5.91. The lowest BCUT2D eigenvalue weighted by atomic mass is 10.2. The predicted octanol–water partition coefficient (Wildman–Crippen LogP) is 1.69. The molecule has 7 heteroatoms. The van der Waals surface area contributed by atoms with Crippen LogP contribution < -0.4 is 20.1 Å². The van der Waals surface area contributed by atoms with Gasteiger partial charge >= 0.3 is 12.0 Å². The molecule has 0 spiro atoms. The summed E-state index contributed by atoms with van der Waals surface area (Å²) in [5.41, 5.74) is 0.486. The highest BCUT2D eigenvalue weighted by Crippen LogP contribution is 2.30. The quantitative estimate of drug-likeness (QED) is 0.707. The second-order valence-electron chi connectivity index (χ2n) is 3.73. The van der Waals surface area contributed by atoms with Gasteiger partial charge in [0.2, 0.25) is 0 Å². The molecule has 1 aromatic carbocycles. The highest BCUT2D eigenvalue weighted by atomic mass is 16.5. The Kier molecular flexibility index (Phi) is 6.15. The van der Waals surface area contributed by atoms with Gasteiger partial charge in [0.05, 0.1) is 13.2 Å². The zero-order chi connectivity index (χ0) is 15.0. The van der Waals surface area contributed by atoms with Crippen molar-refractivity contribution in [3.63, 3.8) is 0 Å². The van der Waals surface area contributed by atoms with E-state index >= 15 is 0 Å². The molecule has 0 aliphatic rings. The average molecular weight is 282 g/mol. The first-order valence-corrected chi connectivity index (χ1v) is 6.23. The van der Waals surface area contributed by atoms with Crippen molar-refractivity contribution >= 4 is 17.7 Å². The van der Waals surface area contributed by atoms with Crippen molar-refractivity contribution in [2.75, 3.05) is 25.1 Å². The van der Waals surface area contributed by atoms with Crippen LogP contribution in [0, 0.1) is 0 Å². The minimum Gasteiger partial charge on any atom is -0.490 e. The maximum Gasteiger partial charge on any atom is 0.323 e. The molecule has 20 heavy (non-hydrogen) atoms. The van der Waals surface area contributed by atoms with Crippen LogP contribution in [-0.4, -0.2) is 36.9 Å². The zero-order valence-electron chi connectivity index (χ0n) is 11.4. The van der Waals surface area contributed by atoms with E-state index in [4.69, 9.17) is 14.6 Å². The largest absolute Gasteiger partial charge is 0.490 e. The van der Waals surface area contributed by atoms with E-state index in [1.54, 1.807) is 18.2 Å². The Morgan fingerprint density at radius 2 is 1.80 bits per heavy atom. The summed E-state index contributed by atoms with van der Waals surface area (Å²) in [6.45, 7) is 4.23. The number of benzene rings is 1. The Morgan fingerprint density at radius 1 is 1.15 bits per heavy atom. The standard InChI is InChI=1S/C13H18N2O5/c1-3-19-10-6-5-9(7-11(10)20-4-2)15-13(18)14-8-12(16)17/h5-7H,3-4,8H2,1-2H3,(H,16,17)(H2,14,15,18). The minimum atomic E-state index is -1.11. The third-order valence-electron chi connectivity index (χ3n) is 2.20. The lowest BCUT2D eigenvalue weighted by molar-refractivity contribution is -0.135. The maximum absolute atomic E-state index is 11.4. The number of ether oxygens (including phenoxy) is 2. The first-order chi connectivity index (χ1) is 9.56. The first-order valence-electron chi connectivity index (χ1n) is 6.23. The van der Waals surface area contributed by atoms with Crippen LogP contribution in [0.25, 0.3) is 0 Å². The van der Waals surface area contributed by atoms with E-state index < -0.39 is 18.5 Å². The van der Waals surface area contributed by atoms with Gasteiger partial charge in [0, 0.05) is 11.8 Å². The topological polar surface area (TPSA) is 96.9 Å². The van der Waals surface area contributed by atoms with Crippen LogP contribution in [0.2, 0.25) is 0 Å². The second kappa shape index (κ2) is 7.88. The Morgan fingerprint density at radius 3 is 2.40 bits per heavy atom. The summed E-state index contributed by atoms with van der Waals surface area (Å²) < 4.78 is 10.8. The molecular weight excluding hydrogens is 264 g/mol. The normalized spacial score (nSPS) is 9.70. The van der Waals surface area contributed by atoms with Gasteiger partial charge < -0.3 is 25.2 Å². The van der Waals surface area contributed by atoms with Crippen LogP contribution in [-0.2, 0) is 4.79 Å². The third kappa shape index (κ3) is 5.05. The van der Waals surface area contributed by atoms with Crippen LogP contribution in [0.5, 0.6) is 11.5 Å². The van der Waals surface area contributed by atoms with E-state index in [2.05, 4.69) is 10.6 Å². The van der Waals surface area contributed by atoms with Crippen molar-refractivity contribution in [1.82, 2.24) is 5.32 Å². The number of hydrogen-bond acceptors (Lipinski definition) is 4. The number of carbonyl (C=O) groups excluding carboxylic acids is 1. The lowest BCUT2D eigenvalue weighted by Gasteiger charge is -2.13. The molecule has 0 saturated heterocycles. The molecule has 0 fully saturated rings. The van der Waals surface area contributed by atoms with E-state index in [9.17, 15) is 9.59 Å². The number of hydrogen-bond donors (Lipinski definition) is 3. The van der Waals surface area contributed by atoms with Gasteiger partial charge in [-0.2, -0.15) is 0 Å². The molecule has 0 radical (unpaired) electrons. The van der Waals surface area contributed by atoms with Crippen molar-refractivity contribution in [1.29, 1.82) is 0 Å². The molecule has 0 unspecified atom stereocenters. The summed E-state index contributed by atoms with van der Waals surface area (Å²) >= 11 is 0. The van der Waals surface area contributed by atoms with Crippen LogP contribution in [0.1, 0.15) is 13.8 Å². The van der Waals surface area contributed by atoms with Gasteiger partial charge in [-0.3, -0.25) is 4.79 Å². The van der Waals surface area contributed by atoms with Gasteiger partial charge in [-0.25, -0.2) is 4.79 Å². The number of amides is 2. The van der Waals surface area contributed by atoms with Crippen molar-refractivity contribution < 1.29 is 24.2 Å². The Bertz CT molecular complexity index is 476. The summed E-state index contributed by atoms with van der Waals surface area (Å²) in [7, 11) is 0. The molecule has 0 saturated carbocycles. The van der Waals surface area contributed by atoms with Gasteiger partial charge in [-0.05, 0) is 26.0 Å². The third-order valence-corrected chi connectivity index (χ3v) is 2.20. The Labute approximate surface area is 116 Å². The molecule has 0 aliphatic heterocycles. The molecular formula is C13H18N2O5. The fourth-order valence-electron chi connectivity index (χ4n) is 1.46. The number of rotatable bonds is 7. The van der Waals surface area contributed by atoms with Crippen LogP contribution in [0.3, 0.4) is 0 Å². The molecule has 0 atom stereocenters. The maximum atomic E-state index is 11.4. The van der Waals surface area contributed by atoms with Gasteiger partial charge in [0.25, 0.3) is 0 Å². The van der Waals surface area contributed by atoms with E-state index in [0.717, 1.165) is 0 Å². The number of carboxylic acids is 1.